The first kappa shape index (κ1) is 21.2. The Balaban J connectivity index is 1.80. The molecule has 1 aliphatic rings. The molecule has 1 N–H and O–H groups in total. The van der Waals surface area contributed by atoms with Gasteiger partial charge in [0, 0.05) is 23.9 Å². The second kappa shape index (κ2) is 8.23. The molecule has 31 heavy (non-hydrogen) atoms. The monoisotopic (exact) mass is 419 g/mol. The van der Waals surface area contributed by atoms with Crippen LogP contribution in [0.4, 0.5) is 10.5 Å². The molecular weight excluding hydrogens is 390 g/mol. The SMILES string of the molecule is CC(O)C1CN(C(=O)OC(C)(C)C)c2cc(OCc3ccccc3)c3ccccc3c21. The maximum Gasteiger partial charge on any atom is 0.414 e. The average Bonchev–Trinajstić information content (AvgIpc) is 3.12. The number of rotatable bonds is 4. The van der Waals surface area contributed by atoms with Crippen molar-refractivity contribution < 1.29 is 19.4 Å². The van der Waals surface area contributed by atoms with Crippen LogP contribution in [0.2, 0.25) is 0 Å². The number of amides is 1. The highest BCUT2D eigenvalue weighted by molar-refractivity contribution is 6.02. The second-order valence-corrected chi connectivity index (χ2v) is 9.07. The van der Waals surface area contributed by atoms with Crippen molar-refractivity contribution in [3.63, 3.8) is 0 Å². The van der Waals surface area contributed by atoms with Gasteiger partial charge in [-0.25, -0.2) is 4.79 Å². The number of fused-ring (bicyclic) bond motifs is 3. The third kappa shape index (κ3) is 4.37. The molecule has 2 unspecified atom stereocenters. The van der Waals surface area contributed by atoms with Gasteiger partial charge in [-0.05, 0) is 44.2 Å². The van der Waals surface area contributed by atoms with E-state index in [1.165, 1.54) is 0 Å². The van der Waals surface area contributed by atoms with Crippen molar-refractivity contribution in [1.82, 2.24) is 0 Å². The van der Waals surface area contributed by atoms with Crippen molar-refractivity contribution in [1.29, 1.82) is 0 Å². The number of hydrogen-bond acceptors (Lipinski definition) is 4. The molecule has 0 radical (unpaired) electrons. The van der Waals surface area contributed by atoms with E-state index in [9.17, 15) is 9.90 Å². The van der Waals surface area contributed by atoms with Crippen molar-refractivity contribution in [2.75, 3.05) is 11.4 Å². The van der Waals surface area contributed by atoms with Gasteiger partial charge in [-0.15, -0.1) is 0 Å². The molecule has 3 aromatic rings. The van der Waals surface area contributed by atoms with Gasteiger partial charge in [-0.2, -0.15) is 0 Å². The molecule has 0 aliphatic carbocycles. The Labute approximate surface area is 183 Å². The summed E-state index contributed by atoms with van der Waals surface area (Å²) in [5.41, 5.74) is 2.16. The Bertz CT molecular complexity index is 1090. The second-order valence-electron chi connectivity index (χ2n) is 9.07. The number of carbonyl (C=O) groups is 1. The van der Waals surface area contributed by atoms with E-state index in [0.29, 0.717) is 18.9 Å². The van der Waals surface area contributed by atoms with E-state index in [0.717, 1.165) is 27.6 Å². The summed E-state index contributed by atoms with van der Waals surface area (Å²) in [5, 5.41) is 12.5. The highest BCUT2D eigenvalue weighted by atomic mass is 16.6. The van der Waals surface area contributed by atoms with Gasteiger partial charge in [-0.1, -0.05) is 54.6 Å². The first-order valence-electron chi connectivity index (χ1n) is 10.7. The molecule has 0 saturated carbocycles. The summed E-state index contributed by atoms with van der Waals surface area (Å²) < 4.78 is 11.9. The van der Waals surface area contributed by atoms with Crippen LogP contribution in [0.1, 0.15) is 44.7 Å². The van der Waals surface area contributed by atoms with Gasteiger partial charge in [0.15, 0.2) is 0 Å². The molecule has 0 saturated heterocycles. The molecule has 1 amide bonds. The first-order valence-corrected chi connectivity index (χ1v) is 10.7. The summed E-state index contributed by atoms with van der Waals surface area (Å²) in [6.07, 6.45) is -1.02. The van der Waals surface area contributed by atoms with Crippen LogP contribution in [0.5, 0.6) is 5.75 Å². The number of benzene rings is 3. The van der Waals surface area contributed by atoms with Crippen LogP contribution in [-0.2, 0) is 11.3 Å². The molecule has 0 aromatic heterocycles. The normalized spacial score (nSPS) is 16.8. The van der Waals surface area contributed by atoms with Crippen LogP contribution in [0, 0.1) is 0 Å². The lowest BCUT2D eigenvalue weighted by atomic mass is 9.91. The lowest BCUT2D eigenvalue weighted by Crippen LogP contribution is -2.37. The van der Waals surface area contributed by atoms with Gasteiger partial charge >= 0.3 is 6.09 Å². The molecule has 4 rings (SSSR count). The van der Waals surface area contributed by atoms with Gasteiger partial charge in [-0.3, -0.25) is 4.90 Å². The number of nitrogens with zero attached hydrogens (tertiary/aromatic N) is 1. The van der Waals surface area contributed by atoms with Gasteiger partial charge < -0.3 is 14.6 Å². The fourth-order valence-electron chi connectivity index (χ4n) is 4.09. The Morgan fingerprint density at radius 3 is 2.39 bits per heavy atom. The van der Waals surface area contributed by atoms with Crippen LogP contribution in [0.15, 0.2) is 60.7 Å². The Hall–Kier alpha value is -3.05. The van der Waals surface area contributed by atoms with Crippen LogP contribution < -0.4 is 9.64 Å². The number of ether oxygens (including phenoxy) is 2. The highest BCUT2D eigenvalue weighted by Gasteiger charge is 2.39. The third-order valence-corrected chi connectivity index (χ3v) is 5.50. The molecule has 0 spiro atoms. The van der Waals surface area contributed by atoms with Crippen molar-refractivity contribution in [2.45, 2.75) is 51.9 Å². The molecule has 0 bridgehead atoms. The van der Waals surface area contributed by atoms with Crippen LogP contribution in [-0.4, -0.2) is 29.4 Å². The predicted molar refractivity (Wildman–Crippen MR) is 123 cm³/mol. The number of aliphatic hydroxyl groups excluding tert-OH is 1. The summed E-state index contributed by atoms with van der Waals surface area (Å²) in [7, 11) is 0. The zero-order valence-corrected chi connectivity index (χ0v) is 18.5. The van der Waals surface area contributed by atoms with E-state index in [4.69, 9.17) is 9.47 Å². The molecule has 5 heteroatoms. The van der Waals surface area contributed by atoms with Gasteiger partial charge in [0.2, 0.25) is 0 Å². The van der Waals surface area contributed by atoms with Crippen LogP contribution in [0.3, 0.4) is 0 Å². The minimum absolute atomic E-state index is 0.199. The zero-order valence-electron chi connectivity index (χ0n) is 18.5. The molecule has 162 valence electrons. The average molecular weight is 420 g/mol. The highest BCUT2D eigenvalue weighted by Crippen LogP contribution is 2.46. The van der Waals surface area contributed by atoms with Crippen molar-refractivity contribution >= 4 is 22.6 Å². The maximum atomic E-state index is 13.0. The fourth-order valence-corrected chi connectivity index (χ4v) is 4.09. The number of hydrogen-bond donors (Lipinski definition) is 1. The summed E-state index contributed by atoms with van der Waals surface area (Å²) in [6.45, 7) is 8.11. The zero-order chi connectivity index (χ0) is 22.2. The Morgan fingerprint density at radius 2 is 1.74 bits per heavy atom. The van der Waals surface area contributed by atoms with E-state index in [2.05, 4.69) is 0 Å². The standard InChI is InChI=1S/C26H29NO4/c1-17(28)21-15-27(25(29)31-26(2,3)4)22-14-23(30-16-18-10-6-5-7-11-18)19-12-8-9-13-20(19)24(21)22/h5-14,17,21,28H,15-16H2,1-4H3. The Kier molecular flexibility index (Phi) is 5.63. The number of aliphatic hydroxyl groups is 1. The van der Waals surface area contributed by atoms with Crippen LogP contribution in [0.25, 0.3) is 10.8 Å². The lowest BCUT2D eigenvalue weighted by Gasteiger charge is -2.25. The molecule has 3 aromatic carbocycles. The van der Waals surface area contributed by atoms with E-state index in [-0.39, 0.29) is 5.92 Å². The minimum Gasteiger partial charge on any atom is -0.488 e. The molecule has 5 nitrogen and oxygen atoms in total. The Morgan fingerprint density at radius 1 is 1.10 bits per heavy atom. The van der Waals surface area contributed by atoms with E-state index in [1.54, 1.807) is 11.8 Å². The van der Waals surface area contributed by atoms with Gasteiger partial charge in [0.05, 0.1) is 11.8 Å². The first-order chi connectivity index (χ1) is 14.7. The fraction of sp³-hybridized carbons (Fsp3) is 0.346. The predicted octanol–water partition coefficient (Wildman–Crippen LogP) is 5.64. The summed E-state index contributed by atoms with van der Waals surface area (Å²) >= 11 is 0. The van der Waals surface area contributed by atoms with E-state index < -0.39 is 17.8 Å². The van der Waals surface area contributed by atoms with Crippen molar-refractivity contribution in [3.05, 3.63) is 71.8 Å². The largest absolute Gasteiger partial charge is 0.488 e. The smallest absolute Gasteiger partial charge is 0.414 e. The number of carbonyl (C=O) groups excluding carboxylic acids is 1. The molecule has 1 heterocycles. The summed E-state index contributed by atoms with van der Waals surface area (Å²) in [4.78, 5) is 14.6. The topological polar surface area (TPSA) is 59.0 Å². The van der Waals surface area contributed by atoms with Crippen LogP contribution >= 0.6 is 0 Å². The van der Waals surface area contributed by atoms with E-state index >= 15 is 0 Å². The molecule has 0 fully saturated rings. The third-order valence-electron chi connectivity index (χ3n) is 5.50. The number of anilines is 1. The summed E-state index contributed by atoms with van der Waals surface area (Å²) in [6, 6.07) is 19.9. The lowest BCUT2D eigenvalue weighted by molar-refractivity contribution is 0.0577. The summed E-state index contributed by atoms with van der Waals surface area (Å²) in [5.74, 6) is 0.508. The van der Waals surface area contributed by atoms with Gasteiger partial charge in [0.1, 0.15) is 18.0 Å². The quantitative estimate of drug-likeness (QED) is 0.595. The minimum atomic E-state index is -0.607. The molecule has 1 aliphatic heterocycles. The van der Waals surface area contributed by atoms with Crippen molar-refractivity contribution in [3.8, 4) is 5.75 Å². The van der Waals surface area contributed by atoms with Crippen molar-refractivity contribution in [2.24, 2.45) is 0 Å². The molecular formula is C26H29NO4. The maximum absolute atomic E-state index is 13.0. The van der Waals surface area contributed by atoms with E-state index in [1.807, 2.05) is 81.4 Å². The van der Waals surface area contributed by atoms with Gasteiger partial charge in [0.25, 0.3) is 0 Å². The molecule has 2 atom stereocenters.